The van der Waals surface area contributed by atoms with E-state index in [1.807, 2.05) is 10.6 Å². The van der Waals surface area contributed by atoms with Gasteiger partial charge < -0.3 is 21.0 Å². The predicted molar refractivity (Wildman–Crippen MR) is 85.0 cm³/mol. The molecule has 0 aliphatic carbocycles. The van der Waals surface area contributed by atoms with Crippen LogP contribution in [0.2, 0.25) is 0 Å². The van der Waals surface area contributed by atoms with E-state index in [9.17, 15) is 0 Å². The number of nitrogens with one attached hydrogen (secondary N) is 1. The average molecular weight is 293 g/mol. The summed E-state index contributed by atoms with van der Waals surface area (Å²) < 4.78 is 1.96. The van der Waals surface area contributed by atoms with Gasteiger partial charge in [-0.1, -0.05) is 18.2 Å². The molecule has 4 rings (SSSR count). The van der Waals surface area contributed by atoms with Crippen molar-refractivity contribution in [3.63, 3.8) is 0 Å². The Morgan fingerprint density at radius 2 is 2.09 bits per heavy atom. The number of hydrogen-bond donors (Lipinski definition) is 3. The van der Waals surface area contributed by atoms with Gasteiger partial charge in [0.15, 0.2) is 11.5 Å². The topological polar surface area (TPSA) is 111 Å². The van der Waals surface area contributed by atoms with Crippen molar-refractivity contribution in [1.82, 2.24) is 24.5 Å². The third-order valence-corrected chi connectivity index (χ3v) is 3.79. The second kappa shape index (κ2) is 4.81. The molecule has 0 saturated heterocycles. The van der Waals surface area contributed by atoms with Crippen LogP contribution in [0.5, 0.6) is 0 Å². The van der Waals surface area contributed by atoms with Crippen LogP contribution in [0.4, 0.5) is 5.82 Å². The minimum Gasteiger partial charge on any atom is -0.382 e. The van der Waals surface area contributed by atoms with Gasteiger partial charge in [-0.3, -0.25) is 0 Å². The summed E-state index contributed by atoms with van der Waals surface area (Å²) in [6, 6.07) is 8.26. The molecular weight excluding hydrogens is 278 g/mol. The second-order valence-corrected chi connectivity index (χ2v) is 5.18. The summed E-state index contributed by atoms with van der Waals surface area (Å²) in [6.07, 6.45) is 3.19. The standard InChI is InChI=1S/C15H15N7/c16-5-11-4-9-2-1-3-10(12(9)21-11)6-22-8-20-13-14(17)18-7-19-15(13)22/h1-4,7-8,21H,5-6,16H2,(H2,17,18,19). The van der Waals surface area contributed by atoms with Crippen molar-refractivity contribution < 1.29 is 0 Å². The number of fused-ring (bicyclic) bond motifs is 2. The summed E-state index contributed by atoms with van der Waals surface area (Å²) in [5.41, 5.74) is 16.2. The van der Waals surface area contributed by atoms with Crippen LogP contribution in [-0.4, -0.2) is 24.5 Å². The van der Waals surface area contributed by atoms with Crippen LogP contribution in [0.1, 0.15) is 11.3 Å². The molecule has 22 heavy (non-hydrogen) atoms. The monoisotopic (exact) mass is 293 g/mol. The molecule has 3 aromatic heterocycles. The minimum absolute atomic E-state index is 0.396. The van der Waals surface area contributed by atoms with Gasteiger partial charge in [-0.05, 0) is 11.6 Å². The lowest BCUT2D eigenvalue weighted by Crippen LogP contribution is -2.01. The quantitative estimate of drug-likeness (QED) is 0.528. The van der Waals surface area contributed by atoms with Gasteiger partial charge in [0, 0.05) is 17.6 Å². The molecule has 4 aromatic rings. The molecule has 0 saturated carbocycles. The van der Waals surface area contributed by atoms with Gasteiger partial charge in [0.25, 0.3) is 0 Å². The third kappa shape index (κ3) is 1.91. The first-order valence-corrected chi connectivity index (χ1v) is 6.97. The van der Waals surface area contributed by atoms with Crippen LogP contribution < -0.4 is 11.5 Å². The zero-order valence-corrected chi connectivity index (χ0v) is 11.8. The summed E-state index contributed by atoms with van der Waals surface area (Å²) in [7, 11) is 0. The van der Waals surface area contributed by atoms with E-state index >= 15 is 0 Å². The average Bonchev–Trinajstić information content (AvgIpc) is 3.13. The highest BCUT2D eigenvalue weighted by atomic mass is 15.1. The molecule has 0 amide bonds. The van der Waals surface area contributed by atoms with Gasteiger partial charge in [-0.15, -0.1) is 0 Å². The van der Waals surface area contributed by atoms with E-state index in [0.717, 1.165) is 27.8 Å². The SMILES string of the molecule is NCc1cc2cccc(Cn3cnc4c(N)ncnc43)c2[nH]1. The number of para-hydroxylation sites is 1. The Morgan fingerprint density at radius 1 is 1.18 bits per heavy atom. The van der Waals surface area contributed by atoms with E-state index in [0.29, 0.717) is 24.4 Å². The Kier molecular flexibility index (Phi) is 2.80. The smallest absolute Gasteiger partial charge is 0.165 e. The van der Waals surface area contributed by atoms with E-state index in [2.05, 4.69) is 38.1 Å². The first kappa shape index (κ1) is 12.8. The maximum atomic E-state index is 5.83. The molecule has 0 bridgehead atoms. The van der Waals surface area contributed by atoms with Crippen molar-refractivity contribution in [2.24, 2.45) is 5.73 Å². The van der Waals surface area contributed by atoms with E-state index in [1.165, 1.54) is 6.33 Å². The molecule has 7 nitrogen and oxygen atoms in total. The predicted octanol–water partition coefficient (Wildman–Crippen LogP) is 1.40. The molecule has 3 heterocycles. The van der Waals surface area contributed by atoms with E-state index in [1.54, 1.807) is 6.33 Å². The molecule has 0 spiro atoms. The maximum Gasteiger partial charge on any atom is 0.165 e. The molecule has 0 aliphatic heterocycles. The summed E-state index contributed by atoms with van der Waals surface area (Å²) in [6.45, 7) is 1.14. The van der Waals surface area contributed by atoms with Crippen LogP contribution in [0.3, 0.4) is 0 Å². The Bertz CT molecular complexity index is 967. The Hall–Kier alpha value is -2.93. The Morgan fingerprint density at radius 3 is 2.95 bits per heavy atom. The van der Waals surface area contributed by atoms with Crippen molar-refractivity contribution in [1.29, 1.82) is 0 Å². The summed E-state index contributed by atoms with van der Waals surface area (Å²) in [5.74, 6) is 0.396. The van der Waals surface area contributed by atoms with Gasteiger partial charge >= 0.3 is 0 Å². The van der Waals surface area contributed by atoms with E-state index < -0.39 is 0 Å². The molecule has 0 aliphatic rings. The number of aromatic nitrogens is 5. The van der Waals surface area contributed by atoms with Crippen molar-refractivity contribution in [3.05, 3.63) is 48.2 Å². The largest absolute Gasteiger partial charge is 0.382 e. The number of nitrogens with zero attached hydrogens (tertiary/aromatic N) is 4. The fourth-order valence-corrected chi connectivity index (χ4v) is 2.72. The van der Waals surface area contributed by atoms with Gasteiger partial charge in [0.2, 0.25) is 0 Å². The molecule has 110 valence electrons. The highest BCUT2D eigenvalue weighted by Crippen LogP contribution is 2.22. The molecular formula is C15H15N7. The lowest BCUT2D eigenvalue weighted by atomic mass is 10.1. The lowest BCUT2D eigenvalue weighted by molar-refractivity contribution is 0.816. The highest BCUT2D eigenvalue weighted by Gasteiger charge is 2.10. The number of aromatic amines is 1. The second-order valence-electron chi connectivity index (χ2n) is 5.18. The summed E-state index contributed by atoms with van der Waals surface area (Å²) in [5, 5.41) is 1.15. The van der Waals surface area contributed by atoms with E-state index in [4.69, 9.17) is 11.5 Å². The Balaban J connectivity index is 1.82. The molecule has 7 heteroatoms. The first-order chi connectivity index (χ1) is 10.8. The third-order valence-electron chi connectivity index (χ3n) is 3.79. The van der Waals surface area contributed by atoms with Gasteiger partial charge in [0.1, 0.15) is 11.8 Å². The molecule has 0 fully saturated rings. The van der Waals surface area contributed by atoms with Crippen LogP contribution in [0.15, 0.2) is 36.9 Å². The molecule has 0 radical (unpaired) electrons. The number of imidazole rings is 1. The minimum atomic E-state index is 0.396. The fraction of sp³-hybridized carbons (Fsp3) is 0.133. The van der Waals surface area contributed by atoms with Crippen molar-refractivity contribution in [2.75, 3.05) is 5.73 Å². The molecule has 5 N–H and O–H groups in total. The first-order valence-electron chi connectivity index (χ1n) is 6.97. The molecule has 0 atom stereocenters. The number of rotatable bonds is 3. The van der Waals surface area contributed by atoms with E-state index in [-0.39, 0.29) is 0 Å². The van der Waals surface area contributed by atoms with Gasteiger partial charge in [-0.2, -0.15) is 0 Å². The molecule has 1 aromatic carbocycles. The maximum absolute atomic E-state index is 5.83. The van der Waals surface area contributed by atoms with Crippen molar-refractivity contribution in [3.8, 4) is 0 Å². The Labute approximate surface area is 126 Å². The van der Waals surface area contributed by atoms with Crippen LogP contribution in [0, 0.1) is 0 Å². The number of benzene rings is 1. The van der Waals surface area contributed by atoms with Crippen LogP contribution >= 0.6 is 0 Å². The summed E-state index contributed by atoms with van der Waals surface area (Å²) >= 11 is 0. The number of nitrogen functional groups attached to an aromatic ring is 1. The van der Waals surface area contributed by atoms with Crippen LogP contribution in [-0.2, 0) is 13.1 Å². The van der Waals surface area contributed by atoms with Crippen molar-refractivity contribution in [2.45, 2.75) is 13.1 Å². The number of nitrogens with two attached hydrogens (primary N) is 2. The van der Waals surface area contributed by atoms with Crippen LogP contribution in [0.25, 0.3) is 22.1 Å². The normalized spacial score (nSPS) is 11.5. The number of hydrogen-bond acceptors (Lipinski definition) is 5. The highest BCUT2D eigenvalue weighted by molar-refractivity contribution is 5.84. The van der Waals surface area contributed by atoms with Gasteiger partial charge in [0.05, 0.1) is 18.4 Å². The zero-order chi connectivity index (χ0) is 15.1. The lowest BCUT2D eigenvalue weighted by Gasteiger charge is -2.05. The van der Waals surface area contributed by atoms with Crippen molar-refractivity contribution >= 4 is 27.9 Å². The van der Waals surface area contributed by atoms with Gasteiger partial charge in [-0.25, -0.2) is 15.0 Å². The number of H-pyrrole nitrogens is 1. The molecule has 0 unspecified atom stereocenters. The fourth-order valence-electron chi connectivity index (χ4n) is 2.72. The summed E-state index contributed by atoms with van der Waals surface area (Å²) in [4.78, 5) is 15.9. The number of anilines is 1. The zero-order valence-electron chi connectivity index (χ0n) is 11.8.